The van der Waals surface area contributed by atoms with Crippen LogP contribution in [0.3, 0.4) is 0 Å². The lowest BCUT2D eigenvalue weighted by Crippen LogP contribution is -2.41. The van der Waals surface area contributed by atoms with Crippen molar-refractivity contribution in [2.45, 2.75) is 12.5 Å². The number of hydrogen-bond donors (Lipinski definition) is 4. The van der Waals surface area contributed by atoms with Crippen LogP contribution in [0, 0.1) is 0 Å². The molecule has 1 amide bonds. The molecule has 1 atom stereocenters. The van der Waals surface area contributed by atoms with Crippen molar-refractivity contribution in [1.29, 1.82) is 0 Å². The second-order valence-electron chi connectivity index (χ2n) is 5.89. The Morgan fingerprint density at radius 2 is 1.96 bits per heavy atom. The molecule has 0 aliphatic carbocycles. The predicted octanol–water partition coefficient (Wildman–Crippen LogP) is 2.70. The number of aromatic nitrogens is 1. The molecule has 2 aromatic carbocycles. The Bertz CT molecular complexity index is 975. The average molecular weight is 350 g/mol. The van der Waals surface area contributed by atoms with Crippen molar-refractivity contribution in [3.05, 3.63) is 71.9 Å². The van der Waals surface area contributed by atoms with Gasteiger partial charge in [0, 0.05) is 29.6 Å². The van der Waals surface area contributed by atoms with Crippen LogP contribution in [0.1, 0.15) is 11.1 Å². The van der Waals surface area contributed by atoms with Gasteiger partial charge in [-0.1, -0.05) is 30.3 Å². The lowest BCUT2D eigenvalue weighted by Gasteiger charge is -2.12. The van der Waals surface area contributed by atoms with Crippen LogP contribution < -0.4 is 5.32 Å². The number of hydrogen-bond acceptors (Lipinski definition) is 3. The van der Waals surface area contributed by atoms with Crippen molar-refractivity contribution in [2.75, 3.05) is 0 Å². The van der Waals surface area contributed by atoms with E-state index < -0.39 is 17.9 Å². The van der Waals surface area contributed by atoms with E-state index in [4.69, 9.17) is 0 Å². The van der Waals surface area contributed by atoms with Crippen molar-refractivity contribution < 1.29 is 19.8 Å². The standard InChI is InChI=1S/C20H18N2O4/c23-15-5-3-4-13(10-15)8-9-19(24)22-18(20(25)26)11-14-12-21-17-7-2-1-6-16(14)17/h1-10,12,18,21,23H,11H2,(H,22,24)(H,25,26)/t18-/m0/s1. The summed E-state index contributed by atoms with van der Waals surface area (Å²) in [6.45, 7) is 0. The minimum atomic E-state index is -1.10. The smallest absolute Gasteiger partial charge is 0.326 e. The Morgan fingerprint density at radius 1 is 1.15 bits per heavy atom. The molecule has 4 N–H and O–H groups in total. The number of amides is 1. The van der Waals surface area contributed by atoms with Crippen LogP contribution in [0.25, 0.3) is 17.0 Å². The van der Waals surface area contributed by atoms with Crippen molar-refractivity contribution in [3.63, 3.8) is 0 Å². The first-order valence-electron chi connectivity index (χ1n) is 8.08. The zero-order chi connectivity index (χ0) is 18.5. The van der Waals surface area contributed by atoms with Crippen molar-refractivity contribution in [3.8, 4) is 5.75 Å². The largest absolute Gasteiger partial charge is 0.508 e. The molecule has 0 aliphatic heterocycles. The van der Waals surface area contributed by atoms with Gasteiger partial charge in [0.1, 0.15) is 11.8 Å². The number of rotatable bonds is 6. The molecule has 0 spiro atoms. The van der Waals surface area contributed by atoms with Gasteiger partial charge in [0.25, 0.3) is 0 Å². The number of aromatic hydroxyl groups is 1. The Morgan fingerprint density at radius 3 is 2.73 bits per heavy atom. The number of fused-ring (bicyclic) bond motifs is 1. The van der Waals surface area contributed by atoms with Crippen molar-refractivity contribution in [2.24, 2.45) is 0 Å². The number of H-pyrrole nitrogens is 1. The molecule has 0 radical (unpaired) electrons. The van der Waals surface area contributed by atoms with Crippen LogP contribution >= 0.6 is 0 Å². The number of benzene rings is 2. The van der Waals surface area contributed by atoms with Gasteiger partial charge in [-0.25, -0.2) is 4.79 Å². The number of carboxylic acid groups (broad SMARTS) is 1. The van der Waals surface area contributed by atoms with Crippen LogP contribution in [-0.4, -0.2) is 33.1 Å². The summed E-state index contributed by atoms with van der Waals surface area (Å²) in [6.07, 6.45) is 4.69. The second-order valence-corrected chi connectivity index (χ2v) is 5.89. The predicted molar refractivity (Wildman–Crippen MR) is 98.7 cm³/mol. The normalized spacial score (nSPS) is 12.3. The summed E-state index contributed by atoms with van der Waals surface area (Å²) < 4.78 is 0. The van der Waals surface area contributed by atoms with Gasteiger partial charge in [-0.2, -0.15) is 0 Å². The van der Waals surface area contributed by atoms with Crippen LogP contribution in [0.2, 0.25) is 0 Å². The molecular formula is C20H18N2O4. The monoisotopic (exact) mass is 350 g/mol. The Kier molecular flexibility index (Phi) is 5.03. The molecule has 26 heavy (non-hydrogen) atoms. The molecule has 6 heteroatoms. The molecule has 1 aromatic heterocycles. The van der Waals surface area contributed by atoms with Crippen LogP contribution in [-0.2, 0) is 16.0 Å². The summed E-state index contributed by atoms with van der Waals surface area (Å²) in [7, 11) is 0. The van der Waals surface area contributed by atoms with E-state index in [0.717, 1.165) is 16.5 Å². The highest BCUT2D eigenvalue weighted by Gasteiger charge is 2.21. The molecule has 0 bridgehead atoms. The highest BCUT2D eigenvalue weighted by atomic mass is 16.4. The van der Waals surface area contributed by atoms with E-state index in [2.05, 4.69) is 10.3 Å². The number of phenolic OH excluding ortho intramolecular Hbond substituents is 1. The number of phenols is 1. The molecule has 6 nitrogen and oxygen atoms in total. The summed E-state index contributed by atoms with van der Waals surface area (Å²) in [5.74, 6) is -1.52. The summed E-state index contributed by atoms with van der Waals surface area (Å²) in [5, 5.41) is 22.3. The minimum absolute atomic E-state index is 0.0929. The first-order valence-corrected chi connectivity index (χ1v) is 8.08. The minimum Gasteiger partial charge on any atom is -0.508 e. The number of carboxylic acids is 1. The highest BCUT2D eigenvalue weighted by molar-refractivity contribution is 5.94. The lowest BCUT2D eigenvalue weighted by molar-refractivity contribution is -0.141. The van der Waals surface area contributed by atoms with E-state index in [1.807, 2.05) is 24.3 Å². The second kappa shape index (κ2) is 7.57. The van der Waals surface area contributed by atoms with Gasteiger partial charge >= 0.3 is 5.97 Å². The topological polar surface area (TPSA) is 102 Å². The Labute approximate surface area is 149 Å². The fraction of sp³-hybridized carbons (Fsp3) is 0.100. The van der Waals surface area contributed by atoms with Crippen LogP contribution in [0.5, 0.6) is 5.75 Å². The first-order chi connectivity index (χ1) is 12.5. The quantitative estimate of drug-likeness (QED) is 0.513. The lowest BCUT2D eigenvalue weighted by atomic mass is 10.0. The molecule has 0 saturated heterocycles. The van der Waals surface area contributed by atoms with E-state index in [-0.39, 0.29) is 12.2 Å². The van der Waals surface area contributed by atoms with Gasteiger partial charge in [-0.05, 0) is 35.4 Å². The maximum atomic E-state index is 12.1. The molecular weight excluding hydrogens is 332 g/mol. The maximum absolute atomic E-state index is 12.1. The molecule has 0 aliphatic rings. The third-order valence-corrected chi connectivity index (χ3v) is 4.01. The molecule has 1 heterocycles. The molecule has 0 saturated carbocycles. The fourth-order valence-electron chi connectivity index (χ4n) is 2.74. The maximum Gasteiger partial charge on any atom is 0.326 e. The summed E-state index contributed by atoms with van der Waals surface area (Å²) in [4.78, 5) is 26.7. The zero-order valence-corrected chi connectivity index (χ0v) is 13.8. The third-order valence-electron chi connectivity index (χ3n) is 4.01. The fourth-order valence-corrected chi connectivity index (χ4v) is 2.74. The van der Waals surface area contributed by atoms with Crippen LogP contribution in [0.15, 0.2) is 60.8 Å². The number of aliphatic carboxylic acids is 1. The number of nitrogens with one attached hydrogen (secondary N) is 2. The number of para-hydroxylation sites is 1. The van der Waals surface area contributed by atoms with E-state index >= 15 is 0 Å². The Hall–Kier alpha value is -3.54. The van der Waals surface area contributed by atoms with E-state index in [9.17, 15) is 19.8 Å². The van der Waals surface area contributed by atoms with Crippen molar-refractivity contribution >= 4 is 28.9 Å². The molecule has 3 aromatic rings. The highest BCUT2D eigenvalue weighted by Crippen LogP contribution is 2.19. The summed E-state index contributed by atoms with van der Waals surface area (Å²) in [5.41, 5.74) is 2.38. The van der Waals surface area contributed by atoms with E-state index in [1.165, 1.54) is 24.3 Å². The molecule has 0 unspecified atom stereocenters. The van der Waals surface area contributed by atoms with Gasteiger partial charge in [-0.3, -0.25) is 4.79 Å². The van der Waals surface area contributed by atoms with Gasteiger partial charge in [0.15, 0.2) is 0 Å². The van der Waals surface area contributed by atoms with E-state index in [1.54, 1.807) is 18.3 Å². The van der Waals surface area contributed by atoms with Gasteiger partial charge in [-0.15, -0.1) is 0 Å². The zero-order valence-electron chi connectivity index (χ0n) is 13.8. The van der Waals surface area contributed by atoms with E-state index in [0.29, 0.717) is 5.56 Å². The first kappa shape index (κ1) is 17.3. The number of carbonyl (C=O) groups is 2. The number of aromatic amines is 1. The third kappa shape index (κ3) is 4.10. The average Bonchev–Trinajstić information content (AvgIpc) is 3.02. The van der Waals surface area contributed by atoms with Gasteiger partial charge in [0.05, 0.1) is 0 Å². The Balaban J connectivity index is 1.70. The van der Waals surface area contributed by atoms with Gasteiger partial charge < -0.3 is 20.5 Å². The van der Waals surface area contributed by atoms with Gasteiger partial charge in [0.2, 0.25) is 5.91 Å². The number of carbonyl (C=O) groups excluding carboxylic acids is 1. The summed E-state index contributed by atoms with van der Waals surface area (Å²) in [6, 6.07) is 13.0. The molecule has 132 valence electrons. The van der Waals surface area contributed by atoms with Crippen molar-refractivity contribution in [1.82, 2.24) is 10.3 Å². The summed E-state index contributed by atoms with van der Waals surface area (Å²) >= 11 is 0. The SMILES string of the molecule is O=C(C=Cc1cccc(O)c1)N[C@@H](Cc1c[nH]c2ccccc12)C(=O)O. The van der Waals surface area contributed by atoms with Crippen LogP contribution in [0.4, 0.5) is 0 Å². The molecule has 3 rings (SSSR count). The molecule has 0 fully saturated rings.